The van der Waals surface area contributed by atoms with Gasteiger partial charge in [-0.2, -0.15) is 4.89 Å². The van der Waals surface area contributed by atoms with Crippen LogP contribution in [0.5, 0.6) is 0 Å². The molecule has 0 aliphatic carbocycles. The van der Waals surface area contributed by atoms with E-state index in [2.05, 4.69) is 30.9 Å². The Hall–Kier alpha value is -1.64. The lowest BCUT2D eigenvalue weighted by molar-refractivity contribution is -0.514. The van der Waals surface area contributed by atoms with Crippen molar-refractivity contribution in [2.45, 2.75) is 26.4 Å². The molecular formula is C12H20O8. The van der Waals surface area contributed by atoms with Crippen LogP contribution >= 0.6 is 0 Å². The molecule has 0 heterocycles. The quantitative estimate of drug-likeness (QED) is 0.208. The standard InChI is InChI=1S/C12H20O8/c1-5-10(13)16-8-6-15-7-9-17-11(14)18-20-19-12(2,3)4/h5H,1,6-9H2,2-4H3. The average Bonchev–Trinajstić information content (AvgIpc) is 2.35. The van der Waals surface area contributed by atoms with Gasteiger partial charge >= 0.3 is 12.1 Å². The lowest BCUT2D eigenvalue weighted by Crippen LogP contribution is -2.21. The Labute approximate surface area is 117 Å². The first-order valence-electron chi connectivity index (χ1n) is 5.91. The molecule has 0 aliphatic rings. The van der Waals surface area contributed by atoms with Crippen molar-refractivity contribution < 1.29 is 38.6 Å². The smallest absolute Gasteiger partial charge is 0.460 e. The summed E-state index contributed by atoms with van der Waals surface area (Å²) in [5.41, 5.74) is -0.605. The third-order valence-electron chi connectivity index (χ3n) is 1.47. The van der Waals surface area contributed by atoms with Gasteiger partial charge in [-0.05, 0) is 25.8 Å². The van der Waals surface area contributed by atoms with Gasteiger partial charge in [0.15, 0.2) is 0 Å². The summed E-state index contributed by atoms with van der Waals surface area (Å²) < 4.78 is 14.3. The van der Waals surface area contributed by atoms with Crippen LogP contribution in [0.15, 0.2) is 12.7 Å². The van der Waals surface area contributed by atoms with E-state index in [9.17, 15) is 9.59 Å². The van der Waals surface area contributed by atoms with Crippen molar-refractivity contribution in [2.75, 3.05) is 26.4 Å². The molecule has 0 N–H and O–H groups in total. The Morgan fingerprint density at radius 3 is 2.20 bits per heavy atom. The van der Waals surface area contributed by atoms with Crippen LogP contribution < -0.4 is 0 Å². The minimum Gasteiger partial charge on any atom is -0.460 e. The SMILES string of the molecule is C=CC(=O)OCCOCCOC(=O)OOOC(C)(C)C. The minimum absolute atomic E-state index is 0.0346. The van der Waals surface area contributed by atoms with E-state index in [-0.39, 0.29) is 26.4 Å². The molecule has 0 aromatic rings. The molecule has 20 heavy (non-hydrogen) atoms. The second-order valence-corrected chi connectivity index (χ2v) is 4.43. The molecule has 0 spiro atoms. The zero-order valence-corrected chi connectivity index (χ0v) is 11.9. The maximum Gasteiger partial charge on any atom is 0.542 e. The topological polar surface area (TPSA) is 89.5 Å². The number of ether oxygens (including phenoxy) is 3. The molecule has 0 amide bonds. The van der Waals surface area contributed by atoms with E-state index in [4.69, 9.17) is 4.74 Å². The molecule has 0 aromatic carbocycles. The van der Waals surface area contributed by atoms with E-state index < -0.39 is 17.7 Å². The normalized spacial score (nSPS) is 10.8. The van der Waals surface area contributed by atoms with Crippen molar-refractivity contribution in [3.63, 3.8) is 0 Å². The van der Waals surface area contributed by atoms with Gasteiger partial charge in [-0.3, -0.25) is 0 Å². The predicted molar refractivity (Wildman–Crippen MR) is 66.3 cm³/mol. The van der Waals surface area contributed by atoms with Gasteiger partial charge in [-0.15, -0.1) is 0 Å². The highest BCUT2D eigenvalue weighted by Crippen LogP contribution is 2.07. The van der Waals surface area contributed by atoms with Crippen molar-refractivity contribution in [2.24, 2.45) is 0 Å². The summed E-state index contributed by atoms with van der Waals surface area (Å²) in [4.78, 5) is 30.5. The number of rotatable bonds is 9. The minimum atomic E-state index is -1.05. The molecule has 0 aromatic heterocycles. The van der Waals surface area contributed by atoms with E-state index in [0.29, 0.717) is 0 Å². The molecule has 0 atom stereocenters. The summed E-state index contributed by atoms with van der Waals surface area (Å²) in [6, 6.07) is 0. The predicted octanol–water partition coefficient (Wildman–Crippen LogP) is 1.55. The van der Waals surface area contributed by atoms with Crippen molar-refractivity contribution >= 4 is 12.1 Å². The van der Waals surface area contributed by atoms with Crippen LogP contribution in [0.2, 0.25) is 0 Å². The number of carbonyl (C=O) groups excluding carboxylic acids is 2. The van der Waals surface area contributed by atoms with Gasteiger partial charge < -0.3 is 14.2 Å². The lowest BCUT2D eigenvalue weighted by atomic mass is 10.2. The molecule has 8 nitrogen and oxygen atoms in total. The molecule has 0 aliphatic heterocycles. The summed E-state index contributed by atoms with van der Waals surface area (Å²) in [7, 11) is 0. The Kier molecular flexibility index (Phi) is 9.35. The first-order chi connectivity index (χ1) is 9.35. The van der Waals surface area contributed by atoms with Gasteiger partial charge in [-0.1, -0.05) is 6.58 Å². The van der Waals surface area contributed by atoms with Gasteiger partial charge in [0, 0.05) is 6.08 Å². The number of carbonyl (C=O) groups is 2. The Bertz CT molecular complexity index is 307. The fraction of sp³-hybridized carbons (Fsp3) is 0.667. The first kappa shape index (κ1) is 18.4. The van der Waals surface area contributed by atoms with Crippen LogP contribution in [0.25, 0.3) is 0 Å². The zero-order chi connectivity index (χ0) is 15.4. The largest absolute Gasteiger partial charge is 0.542 e. The van der Waals surface area contributed by atoms with Crippen LogP contribution in [0, 0.1) is 0 Å². The summed E-state index contributed by atoms with van der Waals surface area (Å²) in [6.45, 7) is 8.76. The Balaban J connectivity index is 3.36. The van der Waals surface area contributed by atoms with Crippen molar-refractivity contribution in [1.29, 1.82) is 0 Å². The summed E-state index contributed by atoms with van der Waals surface area (Å²) >= 11 is 0. The Morgan fingerprint density at radius 2 is 1.65 bits per heavy atom. The van der Waals surface area contributed by atoms with Gasteiger partial charge in [0.1, 0.15) is 13.2 Å². The third kappa shape index (κ3) is 12.8. The highest BCUT2D eigenvalue weighted by Gasteiger charge is 2.14. The lowest BCUT2D eigenvalue weighted by Gasteiger charge is -2.15. The third-order valence-corrected chi connectivity index (χ3v) is 1.47. The summed E-state index contributed by atoms with van der Waals surface area (Å²) in [5.74, 6) is -0.524. The molecular weight excluding hydrogens is 272 g/mol. The van der Waals surface area contributed by atoms with Gasteiger partial charge in [0.05, 0.1) is 18.8 Å². The molecule has 116 valence electrons. The molecule has 0 saturated carbocycles. The van der Waals surface area contributed by atoms with E-state index in [1.165, 1.54) is 0 Å². The van der Waals surface area contributed by atoms with Crippen LogP contribution in [0.1, 0.15) is 20.8 Å². The van der Waals surface area contributed by atoms with Crippen LogP contribution in [-0.2, 0) is 33.8 Å². The van der Waals surface area contributed by atoms with Crippen molar-refractivity contribution in [3.8, 4) is 0 Å². The monoisotopic (exact) mass is 292 g/mol. The number of hydrogen-bond donors (Lipinski definition) is 0. The van der Waals surface area contributed by atoms with Crippen LogP contribution in [-0.4, -0.2) is 44.2 Å². The molecule has 8 heteroatoms. The van der Waals surface area contributed by atoms with Gasteiger partial charge in [0.25, 0.3) is 0 Å². The van der Waals surface area contributed by atoms with Crippen molar-refractivity contribution in [3.05, 3.63) is 12.7 Å². The molecule has 0 bridgehead atoms. The van der Waals surface area contributed by atoms with Crippen LogP contribution in [0.4, 0.5) is 4.79 Å². The number of esters is 1. The van der Waals surface area contributed by atoms with Crippen molar-refractivity contribution in [1.82, 2.24) is 0 Å². The highest BCUT2D eigenvalue weighted by molar-refractivity contribution is 5.81. The molecule has 0 saturated heterocycles. The molecule has 0 unspecified atom stereocenters. The van der Waals surface area contributed by atoms with Gasteiger partial charge in [0.2, 0.25) is 0 Å². The maximum absolute atomic E-state index is 11.0. The van der Waals surface area contributed by atoms with E-state index >= 15 is 0 Å². The molecule has 0 fully saturated rings. The second-order valence-electron chi connectivity index (χ2n) is 4.43. The zero-order valence-electron chi connectivity index (χ0n) is 11.9. The highest BCUT2D eigenvalue weighted by atomic mass is 17.5. The fourth-order valence-corrected chi connectivity index (χ4v) is 0.717. The summed E-state index contributed by atoms with van der Waals surface area (Å²) in [5, 5.41) is 4.21. The van der Waals surface area contributed by atoms with Gasteiger partial charge in [-0.25, -0.2) is 14.5 Å². The summed E-state index contributed by atoms with van der Waals surface area (Å²) in [6.07, 6.45) is 0.00891. The average molecular weight is 292 g/mol. The van der Waals surface area contributed by atoms with E-state index in [1.807, 2.05) is 0 Å². The second kappa shape index (κ2) is 10.2. The first-order valence-corrected chi connectivity index (χ1v) is 5.91. The van der Waals surface area contributed by atoms with E-state index in [1.54, 1.807) is 20.8 Å². The fourth-order valence-electron chi connectivity index (χ4n) is 0.717. The van der Waals surface area contributed by atoms with Crippen LogP contribution in [0.3, 0.4) is 0 Å². The number of hydrogen-bond acceptors (Lipinski definition) is 8. The van der Waals surface area contributed by atoms with E-state index in [0.717, 1.165) is 6.08 Å². The maximum atomic E-state index is 11.0. The molecule has 0 radical (unpaired) electrons. The molecule has 0 rings (SSSR count). The Morgan fingerprint density at radius 1 is 1.05 bits per heavy atom.